The van der Waals surface area contributed by atoms with E-state index in [-0.39, 0.29) is 12.5 Å². The van der Waals surface area contributed by atoms with Crippen LogP contribution >= 0.6 is 0 Å². The molecule has 0 bridgehead atoms. The van der Waals surface area contributed by atoms with Gasteiger partial charge in [0, 0.05) is 12.6 Å². The fraction of sp³-hybridized carbons (Fsp3) is 0.333. The van der Waals surface area contributed by atoms with E-state index in [2.05, 4.69) is 0 Å². The van der Waals surface area contributed by atoms with Crippen molar-refractivity contribution in [1.82, 2.24) is 4.90 Å². The Balaban J connectivity index is 2.10. The summed E-state index contributed by atoms with van der Waals surface area (Å²) in [5.41, 5.74) is 2.01. The average Bonchev–Trinajstić information content (AvgIpc) is 2.46. The first-order valence-corrected chi connectivity index (χ1v) is 6.44. The minimum absolute atomic E-state index is 0.0410. The Bertz CT molecular complexity index is 538. The first kappa shape index (κ1) is 14.3. The number of carbonyl (C=O) groups excluding carboxylic acids is 1. The minimum atomic E-state index is -1.04. The second kappa shape index (κ2) is 6.34. The van der Waals surface area contributed by atoms with Crippen molar-refractivity contribution in [2.75, 3.05) is 19.8 Å². The molecule has 1 aromatic carbocycles. The quantitative estimate of drug-likeness (QED) is 0.845. The highest BCUT2D eigenvalue weighted by Gasteiger charge is 2.31. The third-order valence-corrected chi connectivity index (χ3v) is 3.29. The van der Waals surface area contributed by atoms with Gasteiger partial charge in [0.1, 0.15) is 0 Å². The molecule has 1 aromatic rings. The zero-order valence-electron chi connectivity index (χ0n) is 11.3. The van der Waals surface area contributed by atoms with Crippen molar-refractivity contribution in [2.45, 2.75) is 13.0 Å². The minimum Gasteiger partial charge on any atom is -0.480 e. The van der Waals surface area contributed by atoms with Crippen LogP contribution in [0.1, 0.15) is 11.1 Å². The molecule has 0 aromatic heterocycles. The van der Waals surface area contributed by atoms with Crippen LogP contribution in [-0.4, -0.2) is 47.7 Å². The molecule has 0 aliphatic carbocycles. The molecule has 1 atom stereocenters. The van der Waals surface area contributed by atoms with Crippen molar-refractivity contribution in [3.8, 4) is 0 Å². The van der Waals surface area contributed by atoms with Crippen LogP contribution < -0.4 is 0 Å². The number of carboxylic acid groups (broad SMARTS) is 1. The van der Waals surface area contributed by atoms with E-state index < -0.39 is 12.0 Å². The largest absolute Gasteiger partial charge is 0.480 e. The van der Waals surface area contributed by atoms with Crippen LogP contribution in [0.4, 0.5) is 0 Å². The average molecular weight is 275 g/mol. The monoisotopic (exact) mass is 275 g/mol. The van der Waals surface area contributed by atoms with E-state index in [4.69, 9.17) is 9.84 Å². The second-order valence-corrected chi connectivity index (χ2v) is 4.65. The van der Waals surface area contributed by atoms with Gasteiger partial charge in [-0.15, -0.1) is 0 Å². The number of rotatable bonds is 3. The van der Waals surface area contributed by atoms with Crippen molar-refractivity contribution in [3.63, 3.8) is 0 Å². The number of aryl methyl sites for hydroxylation is 1. The van der Waals surface area contributed by atoms with E-state index in [0.29, 0.717) is 13.2 Å². The van der Waals surface area contributed by atoms with Gasteiger partial charge in [-0.2, -0.15) is 0 Å². The summed E-state index contributed by atoms with van der Waals surface area (Å²) < 4.78 is 5.11. The number of hydrogen-bond donors (Lipinski definition) is 1. The third-order valence-electron chi connectivity index (χ3n) is 3.29. The summed E-state index contributed by atoms with van der Waals surface area (Å²) in [5, 5.41) is 9.09. The normalized spacial score (nSPS) is 19.2. The van der Waals surface area contributed by atoms with Gasteiger partial charge in [0.15, 0.2) is 6.04 Å². The maximum absolute atomic E-state index is 12.1. The SMILES string of the molecule is Cc1ccccc1/C=C\C(=O)N1CCOC[C@H]1C(=O)O. The van der Waals surface area contributed by atoms with E-state index >= 15 is 0 Å². The summed E-state index contributed by atoms with van der Waals surface area (Å²) in [4.78, 5) is 24.6. The number of carbonyl (C=O) groups is 2. The number of benzene rings is 1. The van der Waals surface area contributed by atoms with Crippen LogP contribution in [-0.2, 0) is 14.3 Å². The first-order chi connectivity index (χ1) is 9.59. The number of morpholine rings is 1. The zero-order valence-corrected chi connectivity index (χ0v) is 11.3. The maximum Gasteiger partial charge on any atom is 0.328 e. The molecular formula is C15H17NO4. The van der Waals surface area contributed by atoms with Crippen molar-refractivity contribution >= 4 is 18.0 Å². The Morgan fingerprint density at radius 2 is 2.15 bits per heavy atom. The van der Waals surface area contributed by atoms with Gasteiger partial charge in [0.25, 0.3) is 0 Å². The van der Waals surface area contributed by atoms with Crippen molar-refractivity contribution in [2.24, 2.45) is 0 Å². The standard InChI is InChI=1S/C15H17NO4/c1-11-4-2-3-5-12(11)6-7-14(17)16-8-9-20-10-13(16)15(18)19/h2-7,13H,8-10H2,1H3,(H,18,19)/b7-6-/t13-/m0/s1. The third kappa shape index (κ3) is 3.24. The molecule has 1 N–H and O–H groups in total. The lowest BCUT2D eigenvalue weighted by atomic mass is 10.1. The molecule has 1 amide bonds. The van der Waals surface area contributed by atoms with Crippen molar-refractivity contribution in [1.29, 1.82) is 0 Å². The highest BCUT2D eigenvalue weighted by Crippen LogP contribution is 2.12. The molecule has 0 radical (unpaired) electrons. The smallest absolute Gasteiger partial charge is 0.328 e. The topological polar surface area (TPSA) is 66.8 Å². The van der Waals surface area contributed by atoms with E-state index in [1.54, 1.807) is 6.08 Å². The van der Waals surface area contributed by atoms with E-state index in [0.717, 1.165) is 11.1 Å². The Hall–Kier alpha value is -2.14. The van der Waals surface area contributed by atoms with Gasteiger partial charge in [-0.1, -0.05) is 24.3 Å². The lowest BCUT2D eigenvalue weighted by Crippen LogP contribution is -2.52. The summed E-state index contributed by atoms with van der Waals surface area (Å²) in [6.07, 6.45) is 3.13. The number of hydrogen-bond acceptors (Lipinski definition) is 3. The van der Waals surface area contributed by atoms with Crippen LogP contribution in [0.25, 0.3) is 6.08 Å². The van der Waals surface area contributed by atoms with E-state index in [9.17, 15) is 9.59 Å². The molecule has 1 fully saturated rings. The molecule has 1 heterocycles. The number of nitrogens with zero attached hydrogens (tertiary/aromatic N) is 1. The number of aliphatic carboxylic acids is 1. The number of ether oxygens (including phenoxy) is 1. The molecule has 1 saturated heterocycles. The van der Waals surface area contributed by atoms with Crippen LogP contribution in [0.3, 0.4) is 0 Å². The molecular weight excluding hydrogens is 258 g/mol. The van der Waals surface area contributed by atoms with Crippen LogP contribution in [0.15, 0.2) is 30.3 Å². The lowest BCUT2D eigenvalue weighted by molar-refractivity contribution is -0.156. The predicted molar refractivity (Wildman–Crippen MR) is 74.2 cm³/mol. The Kier molecular flexibility index (Phi) is 4.53. The maximum atomic E-state index is 12.1. The van der Waals surface area contributed by atoms with Gasteiger partial charge in [-0.3, -0.25) is 4.79 Å². The van der Waals surface area contributed by atoms with Gasteiger partial charge < -0.3 is 14.7 Å². The van der Waals surface area contributed by atoms with Gasteiger partial charge in [-0.25, -0.2) is 4.79 Å². The van der Waals surface area contributed by atoms with E-state index in [1.807, 2.05) is 31.2 Å². The lowest BCUT2D eigenvalue weighted by Gasteiger charge is -2.32. The predicted octanol–water partition coefficient (Wildman–Crippen LogP) is 1.32. The fourth-order valence-corrected chi connectivity index (χ4v) is 2.10. The Labute approximate surface area is 117 Å². The molecule has 0 spiro atoms. The van der Waals surface area contributed by atoms with Crippen molar-refractivity contribution < 1.29 is 19.4 Å². The summed E-state index contributed by atoms with van der Waals surface area (Å²) >= 11 is 0. The summed E-state index contributed by atoms with van der Waals surface area (Å²) in [6, 6.07) is 6.78. The fourth-order valence-electron chi connectivity index (χ4n) is 2.10. The Morgan fingerprint density at radius 1 is 1.40 bits per heavy atom. The van der Waals surface area contributed by atoms with Crippen LogP contribution in [0.5, 0.6) is 0 Å². The summed E-state index contributed by atoms with van der Waals surface area (Å²) in [6.45, 7) is 2.67. The first-order valence-electron chi connectivity index (χ1n) is 6.44. The van der Waals surface area contributed by atoms with Gasteiger partial charge in [0.05, 0.1) is 13.2 Å². The second-order valence-electron chi connectivity index (χ2n) is 4.65. The van der Waals surface area contributed by atoms with Gasteiger partial charge in [0.2, 0.25) is 5.91 Å². The summed E-state index contributed by atoms with van der Waals surface area (Å²) in [5.74, 6) is -1.34. The molecule has 1 aliphatic rings. The molecule has 0 saturated carbocycles. The summed E-state index contributed by atoms with van der Waals surface area (Å²) in [7, 11) is 0. The molecule has 20 heavy (non-hydrogen) atoms. The highest BCUT2D eigenvalue weighted by molar-refractivity contribution is 5.94. The highest BCUT2D eigenvalue weighted by atomic mass is 16.5. The number of amides is 1. The number of carboxylic acids is 1. The molecule has 5 heteroatoms. The van der Waals surface area contributed by atoms with Gasteiger partial charge >= 0.3 is 5.97 Å². The van der Waals surface area contributed by atoms with Gasteiger partial charge in [-0.05, 0) is 24.1 Å². The zero-order chi connectivity index (χ0) is 14.5. The van der Waals surface area contributed by atoms with E-state index in [1.165, 1.54) is 11.0 Å². The molecule has 0 unspecified atom stereocenters. The van der Waals surface area contributed by atoms with Crippen LogP contribution in [0.2, 0.25) is 0 Å². The molecule has 106 valence electrons. The van der Waals surface area contributed by atoms with Crippen molar-refractivity contribution in [3.05, 3.63) is 41.5 Å². The molecule has 1 aliphatic heterocycles. The molecule has 5 nitrogen and oxygen atoms in total. The Morgan fingerprint density at radius 3 is 2.85 bits per heavy atom. The van der Waals surface area contributed by atoms with Crippen LogP contribution in [0, 0.1) is 6.92 Å². The molecule has 2 rings (SSSR count).